The van der Waals surface area contributed by atoms with E-state index in [2.05, 4.69) is 37.4 Å². The molecule has 1 saturated heterocycles. The molecule has 1 aliphatic heterocycles. The number of ketones is 1. The monoisotopic (exact) mass is 591 g/mol. The fourth-order valence-electron chi connectivity index (χ4n) is 4.63. The van der Waals surface area contributed by atoms with Crippen molar-refractivity contribution >= 4 is 52.3 Å². The lowest BCUT2D eigenvalue weighted by Crippen LogP contribution is -2.43. The highest BCUT2D eigenvalue weighted by Gasteiger charge is 2.25. The van der Waals surface area contributed by atoms with Crippen molar-refractivity contribution in [3.05, 3.63) is 77.5 Å². The number of carbonyl (C=O) groups is 3. The van der Waals surface area contributed by atoms with Crippen LogP contribution in [0.2, 0.25) is 5.02 Å². The zero-order valence-electron chi connectivity index (χ0n) is 23.8. The van der Waals surface area contributed by atoms with Gasteiger partial charge in [0.1, 0.15) is 17.7 Å². The molecular weight excluding hydrogens is 558 g/mol. The Morgan fingerprint density at radius 3 is 2.50 bits per heavy atom. The second-order valence-electron chi connectivity index (χ2n) is 9.91. The summed E-state index contributed by atoms with van der Waals surface area (Å²) in [7, 11) is 4.58. The number of nitrogens with one attached hydrogen (secondary N) is 3. The highest BCUT2D eigenvalue weighted by Crippen LogP contribution is 2.33. The van der Waals surface area contributed by atoms with Crippen molar-refractivity contribution in [2.45, 2.75) is 25.4 Å². The number of amides is 2. The van der Waals surface area contributed by atoms with Crippen molar-refractivity contribution in [3.63, 3.8) is 0 Å². The predicted molar refractivity (Wildman–Crippen MR) is 163 cm³/mol. The Morgan fingerprint density at radius 2 is 1.81 bits per heavy atom. The summed E-state index contributed by atoms with van der Waals surface area (Å²) in [6.45, 7) is 5.32. The SMILES string of the molecule is C=CC(=O)NC(c1ccc(OC)c(Nc2nccc(Nc3cc(Cl)ccc3C(=O)C(=O)N(C)C)n2)c1)N1CCCCC1. The van der Waals surface area contributed by atoms with Gasteiger partial charge in [0.25, 0.3) is 11.7 Å². The maximum Gasteiger partial charge on any atom is 0.294 e. The van der Waals surface area contributed by atoms with Gasteiger partial charge in [0.15, 0.2) is 0 Å². The van der Waals surface area contributed by atoms with Crippen LogP contribution in [0, 0.1) is 0 Å². The van der Waals surface area contributed by atoms with E-state index in [1.54, 1.807) is 31.5 Å². The van der Waals surface area contributed by atoms with Crippen LogP contribution in [-0.2, 0) is 9.59 Å². The normalized spacial score (nSPS) is 13.9. The number of hydrogen-bond donors (Lipinski definition) is 3. The van der Waals surface area contributed by atoms with Crippen LogP contribution in [0.1, 0.15) is 41.3 Å². The number of methoxy groups -OCH3 is 1. The average Bonchev–Trinajstić information content (AvgIpc) is 2.99. The number of benzene rings is 2. The van der Waals surface area contributed by atoms with Crippen LogP contribution in [-0.4, -0.2) is 71.7 Å². The Kier molecular flexibility index (Phi) is 10.1. The Bertz CT molecular complexity index is 1470. The van der Waals surface area contributed by atoms with E-state index in [9.17, 15) is 14.4 Å². The Hall–Kier alpha value is -4.48. The molecule has 42 heavy (non-hydrogen) atoms. The molecule has 1 fully saturated rings. The third-order valence-electron chi connectivity index (χ3n) is 6.75. The molecule has 0 bridgehead atoms. The van der Waals surface area contributed by atoms with Gasteiger partial charge in [0.2, 0.25) is 11.9 Å². The smallest absolute Gasteiger partial charge is 0.294 e. The van der Waals surface area contributed by atoms with Gasteiger partial charge in [-0.25, -0.2) is 4.98 Å². The molecule has 0 saturated carbocycles. The van der Waals surface area contributed by atoms with Crippen molar-refractivity contribution < 1.29 is 19.1 Å². The fourth-order valence-corrected chi connectivity index (χ4v) is 4.80. The molecule has 0 aliphatic carbocycles. The number of hydrogen-bond acceptors (Lipinski definition) is 9. The molecule has 3 aromatic rings. The minimum absolute atomic E-state index is 0.158. The Balaban J connectivity index is 1.62. The molecule has 1 atom stereocenters. The molecule has 2 amide bonds. The number of rotatable bonds is 11. The lowest BCUT2D eigenvalue weighted by Gasteiger charge is -2.35. The summed E-state index contributed by atoms with van der Waals surface area (Å²) in [5.41, 5.74) is 1.94. The first-order valence-electron chi connectivity index (χ1n) is 13.5. The first-order chi connectivity index (χ1) is 20.2. The molecule has 3 N–H and O–H groups in total. The van der Waals surface area contributed by atoms with Crippen LogP contribution in [0.5, 0.6) is 5.75 Å². The second-order valence-corrected chi connectivity index (χ2v) is 10.3. The lowest BCUT2D eigenvalue weighted by atomic mass is 10.1. The number of Topliss-reactive ketones (excluding diaryl/α,β-unsaturated/α-hetero) is 1. The van der Waals surface area contributed by atoms with Crippen molar-refractivity contribution in [2.75, 3.05) is 44.9 Å². The molecule has 2 aromatic carbocycles. The van der Waals surface area contributed by atoms with Gasteiger partial charge < -0.3 is 25.6 Å². The van der Waals surface area contributed by atoms with Crippen LogP contribution < -0.4 is 20.7 Å². The van der Waals surface area contributed by atoms with Crippen LogP contribution in [0.4, 0.5) is 23.1 Å². The van der Waals surface area contributed by atoms with Crippen molar-refractivity contribution in [2.24, 2.45) is 0 Å². The predicted octanol–water partition coefficient (Wildman–Crippen LogP) is 4.68. The van der Waals surface area contributed by atoms with Gasteiger partial charge in [0, 0.05) is 38.4 Å². The summed E-state index contributed by atoms with van der Waals surface area (Å²) in [6, 6.07) is 11.8. The van der Waals surface area contributed by atoms with Crippen LogP contribution in [0.3, 0.4) is 0 Å². The van der Waals surface area contributed by atoms with Crippen molar-refractivity contribution in [1.29, 1.82) is 0 Å². The Labute approximate surface area is 249 Å². The van der Waals surface area contributed by atoms with Gasteiger partial charge in [-0.2, -0.15) is 4.98 Å². The molecule has 2 heterocycles. The topological polar surface area (TPSA) is 129 Å². The van der Waals surface area contributed by atoms with Gasteiger partial charge in [-0.3, -0.25) is 19.3 Å². The number of carbonyl (C=O) groups excluding carboxylic acids is 3. The molecule has 4 rings (SSSR count). The molecule has 11 nitrogen and oxygen atoms in total. The first-order valence-corrected chi connectivity index (χ1v) is 13.9. The van der Waals surface area contributed by atoms with Crippen LogP contribution in [0.25, 0.3) is 0 Å². The summed E-state index contributed by atoms with van der Waals surface area (Å²) < 4.78 is 5.58. The largest absolute Gasteiger partial charge is 0.495 e. The van der Waals surface area contributed by atoms with E-state index >= 15 is 0 Å². The van der Waals surface area contributed by atoms with Crippen LogP contribution >= 0.6 is 11.6 Å². The second kappa shape index (κ2) is 13.9. The summed E-state index contributed by atoms with van der Waals surface area (Å²) in [4.78, 5) is 49.8. The maximum absolute atomic E-state index is 12.8. The highest BCUT2D eigenvalue weighted by atomic mass is 35.5. The van der Waals surface area contributed by atoms with Gasteiger partial charge in [-0.1, -0.05) is 30.7 Å². The van der Waals surface area contributed by atoms with E-state index in [-0.39, 0.29) is 23.6 Å². The standard InChI is InChI=1S/C30H34ClN7O4/c1-5-26(39)36-28(38-15-7-6-8-16-38)19-9-12-24(42-4)23(17-19)34-30-32-14-13-25(35-30)33-22-18-20(31)10-11-21(22)27(40)29(41)37(2)3/h5,9-14,17-18,28H,1,6-8,15-16H2,2-4H3,(H,36,39)(H2,32,33,34,35). The molecule has 0 radical (unpaired) electrons. The van der Waals surface area contributed by atoms with E-state index in [0.717, 1.165) is 37.9 Å². The zero-order chi connectivity index (χ0) is 30.2. The van der Waals surface area contributed by atoms with Gasteiger partial charge in [-0.05, 0) is 60.9 Å². The molecule has 1 aliphatic rings. The molecular formula is C30H34ClN7O4. The quantitative estimate of drug-likeness (QED) is 0.165. The van der Waals surface area contributed by atoms with E-state index in [1.165, 1.54) is 31.1 Å². The molecule has 220 valence electrons. The van der Waals surface area contributed by atoms with E-state index < -0.39 is 11.7 Å². The van der Waals surface area contributed by atoms with Crippen LogP contribution in [0.15, 0.2) is 61.3 Å². The number of ether oxygens (including phenoxy) is 1. The lowest BCUT2D eigenvalue weighted by molar-refractivity contribution is -0.124. The minimum atomic E-state index is -0.681. The van der Waals surface area contributed by atoms with Gasteiger partial charge in [-0.15, -0.1) is 0 Å². The number of piperidine rings is 1. The zero-order valence-corrected chi connectivity index (χ0v) is 24.6. The number of likely N-dealkylation sites (N-methyl/N-ethyl adjacent to an activating group) is 1. The number of aromatic nitrogens is 2. The first kappa shape index (κ1) is 30.5. The van der Waals surface area contributed by atoms with Crippen molar-refractivity contribution in [1.82, 2.24) is 25.1 Å². The van der Waals surface area contributed by atoms with Crippen molar-refractivity contribution in [3.8, 4) is 5.75 Å². The van der Waals surface area contributed by atoms with Gasteiger partial charge >= 0.3 is 0 Å². The summed E-state index contributed by atoms with van der Waals surface area (Å²) in [6.07, 6.45) is 5.73. The fraction of sp³-hybridized carbons (Fsp3) is 0.300. The molecule has 1 unspecified atom stereocenters. The number of likely N-dealkylation sites (tertiary alicyclic amines) is 1. The average molecular weight is 592 g/mol. The number of nitrogens with zero attached hydrogens (tertiary/aromatic N) is 4. The minimum Gasteiger partial charge on any atom is -0.495 e. The molecule has 12 heteroatoms. The highest BCUT2D eigenvalue weighted by molar-refractivity contribution is 6.44. The number of halogens is 1. The maximum atomic E-state index is 12.8. The number of anilines is 4. The third kappa shape index (κ3) is 7.42. The Morgan fingerprint density at radius 1 is 1.05 bits per heavy atom. The summed E-state index contributed by atoms with van der Waals surface area (Å²) >= 11 is 6.20. The van der Waals surface area contributed by atoms with E-state index in [0.29, 0.717) is 28.0 Å². The van der Waals surface area contributed by atoms with E-state index in [4.69, 9.17) is 16.3 Å². The third-order valence-corrected chi connectivity index (χ3v) is 6.99. The summed E-state index contributed by atoms with van der Waals surface area (Å²) in [5.74, 6) is -0.438. The van der Waals surface area contributed by atoms with E-state index in [1.807, 2.05) is 18.2 Å². The molecule has 0 spiro atoms. The summed E-state index contributed by atoms with van der Waals surface area (Å²) in [5, 5.41) is 9.71. The molecule has 1 aromatic heterocycles. The van der Waals surface area contributed by atoms with Gasteiger partial charge in [0.05, 0.1) is 24.0 Å².